The van der Waals surface area contributed by atoms with E-state index in [2.05, 4.69) is 39.9 Å². The Kier molecular flexibility index (Phi) is 9.86. The Labute approximate surface area is 230 Å². The Morgan fingerprint density at radius 1 is 1.19 bits per heavy atom. The number of carbonyl (C=O) groups is 1. The highest BCUT2D eigenvalue weighted by Crippen LogP contribution is 2.38. The molecular formula is C26H27Cl2N5O3S. The largest absolute Gasteiger partial charge is 0.489 e. The number of nitriles is 1. The van der Waals surface area contributed by atoms with Gasteiger partial charge in [0.1, 0.15) is 30.7 Å². The van der Waals surface area contributed by atoms with Gasteiger partial charge >= 0.3 is 0 Å². The fraction of sp³-hybridized carbons (Fsp3) is 0.308. The van der Waals surface area contributed by atoms with E-state index in [0.29, 0.717) is 45.3 Å². The van der Waals surface area contributed by atoms with Crippen LogP contribution in [0.4, 0.5) is 11.6 Å². The highest BCUT2D eigenvalue weighted by Gasteiger charge is 2.26. The zero-order valence-electron chi connectivity index (χ0n) is 20.9. The Morgan fingerprint density at radius 2 is 1.92 bits per heavy atom. The second-order valence-electron chi connectivity index (χ2n) is 8.46. The van der Waals surface area contributed by atoms with Crippen molar-refractivity contribution < 1.29 is 14.3 Å². The molecule has 194 valence electrons. The molecule has 3 aromatic rings. The maximum atomic E-state index is 11.3. The van der Waals surface area contributed by atoms with Gasteiger partial charge in [0.25, 0.3) is 0 Å². The molecule has 3 rings (SSSR count). The summed E-state index contributed by atoms with van der Waals surface area (Å²) in [5, 5.41) is 12.6. The molecule has 8 nitrogen and oxygen atoms in total. The summed E-state index contributed by atoms with van der Waals surface area (Å²) in [6.07, 6.45) is 3.36. The first kappa shape index (κ1) is 28.4. The van der Waals surface area contributed by atoms with E-state index < -0.39 is 5.41 Å². The number of halogens is 2. The molecule has 0 aliphatic carbocycles. The van der Waals surface area contributed by atoms with Gasteiger partial charge in [0, 0.05) is 18.6 Å². The molecule has 0 unspecified atom stereocenters. The van der Waals surface area contributed by atoms with Gasteiger partial charge in [0.2, 0.25) is 5.91 Å². The third kappa shape index (κ3) is 7.19. The Bertz CT molecular complexity index is 1300. The van der Waals surface area contributed by atoms with Crippen molar-refractivity contribution in [2.75, 3.05) is 28.8 Å². The van der Waals surface area contributed by atoms with Gasteiger partial charge in [-0.05, 0) is 35.4 Å². The number of amides is 1. The molecule has 0 atom stereocenters. The van der Waals surface area contributed by atoms with Crippen molar-refractivity contribution in [2.45, 2.75) is 32.8 Å². The smallest absolute Gasteiger partial charge is 0.222 e. The van der Waals surface area contributed by atoms with Crippen LogP contribution in [0.1, 0.15) is 43.2 Å². The van der Waals surface area contributed by atoms with Crippen molar-refractivity contribution in [3.8, 4) is 17.6 Å². The highest BCUT2D eigenvalue weighted by atomic mass is 35.5. The summed E-state index contributed by atoms with van der Waals surface area (Å²) in [6, 6.07) is 13.5. The first-order valence-corrected chi connectivity index (χ1v) is 13.4. The number of anilines is 2. The number of hydrogen-bond donors (Lipinski definition) is 2. The van der Waals surface area contributed by atoms with E-state index in [1.807, 2.05) is 36.6 Å². The number of aromatic nitrogens is 2. The highest BCUT2D eigenvalue weighted by molar-refractivity contribution is 7.99. The molecule has 11 heteroatoms. The van der Waals surface area contributed by atoms with Crippen LogP contribution in [0.5, 0.6) is 11.5 Å². The van der Waals surface area contributed by atoms with Crippen molar-refractivity contribution in [3.63, 3.8) is 0 Å². The first-order valence-electron chi connectivity index (χ1n) is 11.3. The number of nitrogens with zero attached hydrogens (tertiary/aromatic N) is 3. The predicted molar refractivity (Wildman–Crippen MR) is 149 cm³/mol. The maximum absolute atomic E-state index is 11.3. The van der Waals surface area contributed by atoms with Gasteiger partial charge in [-0.15, -0.1) is 11.6 Å². The van der Waals surface area contributed by atoms with E-state index >= 15 is 0 Å². The number of carbonyl (C=O) groups excluding carboxylic acids is 1. The van der Waals surface area contributed by atoms with Crippen LogP contribution in [0.15, 0.2) is 42.6 Å². The first-order chi connectivity index (χ1) is 17.7. The van der Waals surface area contributed by atoms with Crippen molar-refractivity contribution in [1.29, 1.82) is 5.26 Å². The molecule has 0 saturated heterocycles. The lowest BCUT2D eigenvalue weighted by Gasteiger charge is -2.27. The molecule has 0 aliphatic rings. The van der Waals surface area contributed by atoms with Crippen LogP contribution < -0.4 is 19.5 Å². The lowest BCUT2D eigenvalue weighted by molar-refractivity contribution is -0.114. The Balaban J connectivity index is 1.77. The lowest BCUT2D eigenvalue weighted by atomic mass is 9.77. The number of hydrogen-bond acceptors (Lipinski definition) is 8. The fourth-order valence-corrected chi connectivity index (χ4v) is 4.26. The van der Waals surface area contributed by atoms with Gasteiger partial charge in [-0.2, -0.15) is 5.26 Å². The van der Waals surface area contributed by atoms with Crippen LogP contribution in [0, 0.1) is 11.3 Å². The zero-order valence-corrected chi connectivity index (χ0v) is 23.2. The molecule has 0 fully saturated rings. The van der Waals surface area contributed by atoms with Crippen molar-refractivity contribution in [1.82, 2.24) is 9.97 Å². The summed E-state index contributed by atoms with van der Waals surface area (Å²) in [5.74, 6) is 1.95. The standard InChI is InChI=1S/C26H27Cl2N5O3S/c1-16(34)31-23-14-30-22(25(32-23)33-37-4)15-36-20-7-5-18(6-8-20)26(2,3)19-11-17(13-29)24(21(28)12-19)35-10-9-27/h5-8,11-12,14H,9-10,15H2,1-4H3,(H2,31,32,33,34). The SMILES string of the molecule is CSNc1nc(NC(C)=O)cnc1COc1ccc(C(C)(C)c2cc(Cl)c(OCCCl)c(C#N)c2)cc1. The Morgan fingerprint density at radius 3 is 2.54 bits per heavy atom. The van der Waals surface area contributed by atoms with Crippen LogP contribution in [0.2, 0.25) is 5.02 Å². The van der Waals surface area contributed by atoms with Crippen LogP contribution in [0.25, 0.3) is 0 Å². The number of benzene rings is 2. The average Bonchev–Trinajstić information content (AvgIpc) is 2.87. The normalized spacial score (nSPS) is 10.9. The molecule has 0 aliphatic heterocycles. The lowest BCUT2D eigenvalue weighted by Crippen LogP contribution is -2.19. The molecule has 0 radical (unpaired) electrons. The van der Waals surface area contributed by atoms with E-state index in [1.54, 1.807) is 6.07 Å². The number of nitrogens with one attached hydrogen (secondary N) is 2. The zero-order chi connectivity index (χ0) is 27.0. The summed E-state index contributed by atoms with van der Waals surface area (Å²) >= 11 is 13.5. The van der Waals surface area contributed by atoms with Gasteiger partial charge in [-0.1, -0.05) is 49.5 Å². The second kappa shape index (κ2) is 12.9. The predicted octanol–water partition coefficient (Wildman–Crippen LogP) is 6.17. The quantitative estimate of drug-likeness (QED) is 0.212. The van der Waals surface area contributed by atoms with E-state index in [-0.39, 0.29) is 19.1 Å². The minimum absolute atomic E-state index is 0.184. The van der Waals surface area contributed by atoms with E-state index in [4.69, 9.17) is 32.7 Å². The van der Waals surface area contributed by atoms with Crippen LogP contribution in [0.3, 0.4) is 0 Å². The average molecular weight is 561 g/mol. The molecule has 0 spiro atoms. The summed E-state index contributed by atoms with van der Waals surface area (Å²) in [6.45, 7) is 5.97. The Hall–Kier alpha value is -3.19. The second-order valence-corrected chi connectivity index (χ2v) is 9.86. The van der Waals surface area contributed by atoms with Gasteiger partial charge in [-0.25, -0.2) is 9.97 Å². The van der Waals surface area contributed by atoms with E-state index in [1.165, 1.54) is 25.1 Å². The van der Waals surface area contributed by atoms with Gasteiger partial charge in [0.05, 0.1) is 22.7 Å². The summed E-state index contributed by atoms with van der Waals surface area (Å²) in [7, 11) is 0. The number of ether oxygens (including phenoxy) is 2. The molecule has 1 aromatic heterocycles. The molecule has 1 heterocycles. The van der Waals surface area contributed by atoms with Crippen LogP contribution in [-0.2, 0) is 16.8 Å². The number of alkyl halides is 1. The third-order valence-electron chi connectivity index (χ3n) is 5.51. The molecule has 0 saturated carbocycles. The van der Waals surface area contributed by atoms with E-state index in [0.717, 1.165) is 11.1 Å². The monoisotopic (exact) mass is 559 g/mol. The maximum Gasteiger partial charge on any atom is 0.222 e. The molecule has 1 amide bonds. The summed E-state index contributed by atoms with van der Waals surface area (Å²) in [5.41, 5.74) is 2.41. The van der Waals surface area contributed by atoms with Crippen molar-refractivity contribution >= 4 is 52.7 Å². The van der Waals surface area contributed by atoms with Crippen LogP contribution >= 0.6 is 35.1 Å². The molecular weight excluding hydrogens is 533 g/mol. The van der Waals surface area contributed by atoms with Crippen LogP contribution in [-0.4, -0.2) is 34.6 Å². The minimum atomic E-state index is -0.445. The van der Waals surface area contributed by atoms with Gasteiger partial charge < -0.3 is 19.5 Å². The fourth-order valence-electron chi connectivity index (χ4n) is 3.55. The molecule has 37 heavy (non-hydrogen) atoms. The van der Waals surface area contributed by atoms with Gasteiger partial charge in [0.15, 0.2) is 17.4 Å². The minimum Gasteiger partial charge on any atom is -0.489 e. The van der Waals surface area contributed by atoms with Crippen molar-refractivity contribution in [3.05, 3.63) is 70.0 Å². The number of rotatable bonds is 11. The van der Waals surface area contributed by atoms with Gasteiger partial charge in [-0.3, -0.25) is 4.79 Å². The third-order valence-corrected chi connectivity index (χ3v) is 6.34. The molecule has 2 aromatic carbocycles. The summed E-state index contributed by atoms with van der Waals surface area (Å²) < 4.78 is 14.6. The molecule has 0 bridgehead atoms. The van der Waals surface area contributed by atoms with Crippen molar-refractivity contribution in [2.24, 2.45) is 0 Å². The summed E-state index contributed by atoms with van der Waals surface area (Å²) in [4.78, 5) is 20.1. The van der Waals surface area contributed by atoms with E-state index in [9.17, 15) is 10.1 Å². The molecule has 2 N–H and O–H groups in total. The topological polar surface area (TPSA) is 109 Å².